The van der Waals surface area contributed by atoms with Crippen LogP contribution in [0.15, 0.2) is 30.7 Å². The highest BCUT2D eigenvalue weighted by molar-refractivity contribution is 6.33. The number of halogens is 3. The molecule has 0 aromatic carbocycles. The van der Waals surface area contributed by atoms with Crippen molar-refractivity contribution in [3.8, 4) is 11.1 Å². The molecule has 0 aliphatic carbocycles. The van der Waals surface area contributed by atoms with Gasteiger partial charge in [0.25, 0.3) is 0 Å². The highest BCUT2D eigenvalue weighted by Crippen LogP contribution is 2.29. The van der Waals surface area contributed by atoms with Crippen LogP contribution in [0.25, 0.3) is 11.1 Å². The van der Waals surface area contributed by atoms with Crippen LogP contribution < -0.4 is 0 Å². The fourth-order valence-corrected chi connectivity index (χ4v) is 1.58. The number of hydrogen-bond donors (Lipinski definition) is 0. The van der Waals surface area contributed by atoms with E-state index in [0.29, 0.717) is 15.6 Å². The van der Waals surface area contributed by atoms with Crippen LogP contribution in [0.2, 0.25) is 10.0 Å². The summed E-state index contributed by atoms with van der Waals surface area (Å²) in [5.74, 6) is -0.604. The number of hydrogen-bond acceptors (Lipinski definition) is 2. The molecule has 0 aliphatic rings. The van der Waals surface area contributed by atoms with Crippen molar-refractivity contribution in [3.63, 3.8) is 0 Å². The molecule has 0 saturated carbocycles. The lowest BCUT2D eigenvalue weighted by Gasteiger charge is -2.04. The van der Waals surface area contributed by atoms with Crippen LogP contribution in [-0.2, 0) is 0 Å². The summed E-state index contributed by atoms with van der Waals surface area (Å²) in [7, 11) is 0. The van der Waals surface area contributed by atoms with Gasteiger partial charge in [0.15, 0.2) is 0 Å². The zero-order valence-corrected chi connectivity index (χ0v) is 8.93. The van der Waals surface area contributed by atoms with E-state index in [1.165, 1.54) is 24.7 Å². The second-order valence-electron chi connectivity index (χ2n) is 2.85. The highest BCUT2D eigenvalue weighted by Gasteiger charge is 2.10. The molecule has 0 unspecified atom stereocenters. The van der Waals surface area contributed by atoms with Gasteiger partial charge in [0, 0.05) is 29.7 Å². The van der Waals surface area contributed by atoms with Gasteiger partial charge in [-0.2, -0.15) is 4.39 Å². The summed E-state index contributed by atoms with van der Waals surface area (Å²) in [4.78, 5) is 7.33. The SMILES string of the molecule is Fc1ncc(Cl)cc1-c1ccncc1Cl. The number of nitrogens with zero attached hydrogens (tertiary/aromatic N) is 2. The van der Waals surface area contributed by atoms with Gasteiger partial charge in [0.2, 0.25) is 5.95 Å². The first kappa shape index (κ1) is 10.3. The van der Waals surface area contributed by atoms with Crippen LogP contribution in [0.1, 0.15) is 0 Å². The van der Waals surface area contributed by atoms with E-state index in [2.05, 4.69) is 9.97 Å². The van der Waals surface area contributed by atoms with Gasteiger partial charge in [0.05, 0.1) is 10.0 Å². The predicted octanol–water partition coefficient (Wildman–Crippen LogP) is 3.59. The number of aromatic nitrogens is 2. The third-order valence-electron chi connectivity index (χ3n) is 1.87. The third kappa shape index (κ3) is 2.08. The Kier molecular flexibility index (Phi) is 2.84. The van der Waals surface area contributed by atoms with Crippen molar-refractivity contribution in [3.05, 3.63) is 46.7 Å². The summed E-state index contributed by atoms with van der Waals surface area (Å²) in [6.07, 6.45) is 4.22. The molecule has 15 heavy (non-hydrogen) atoms. The van der Waals surface area contributed by atoms with E-state index in [1.807, 2.05) is 0 Å². The smallest absolute Gasteiger partial charge is 0.220 e. The molecule has 0 atom stereocenters. The molecule has 76 valence electrons. The van der Waals surface area contributed by atoms with E-state index in [-0.39, 0.29) is 5.56 Å². The van der Waals surface area contributed by atoms with Crippen molar-refractivity contribution in [1.29, 1.82) is 0 Å². The fraction of sp³-hybridized carbons (Fsp3) is 0. The van der Waals surface area contributed by atoms with E-state index < -0.39 is 5.95 Å². The quantitative estimate of drug-likeness (QED) is 0.715. The minimum Gasteiger partial charge on any atom is -0.263 e. The van der Waals surface area contributed by atoms with Crippen LogP contribution in [0.3, 0.4) is 0 Å². The maximum absolute atomic E-state index is 13.4. The predicted molar refractivity (Wildman–Crippen MR) is 57.4 cm³/mol. The van der Waals surface area contributed by atoms with E-state index >= 15 is 0 Å². The molecule has 0 radical (unpaired) electrons. The Balaban J connectivity index is 2.64. The molecule has 5 heteroatoms. The van der Waals surface area contributed by atoms with Crippen molar-refractivity contribution in [2.45, 2.75) is 0 Å². The van der Waals surface area contributed by atoms with Gasteiger partial charge in [-0.15, -0.1) is 0 Å². The van der Waals surface area contributed by atoms with Crippen LogP contribution in [0.5, 0.6) is 0 Å². The number of rotatable bonds is 1. The van der Waals surface area contributed by atoms with Gasteiger partial charge < -0.3 is 0 Å². The summed E-state index contributed by atoms with van der Waals surface area (Å²) in [6.45, 7) is 0. The molecule has 2 heterocycles. The standard InChI is InChI=1S/C10H5Cl2FN2/c11-6-3-8(10(13)15-4-6)7-1-2-14-5-9(7)12/h1-5H. The Morgan fingerprint density at radius 1 is 1.13 bits per heavy atom. The maximum Gasteiger partial charge on any atom is 0.220 e. The molecule has 2 aromatic rings. The molecule has 0 N–H and O–H groups in total. The minimum atomic E-state index is -0.604. The van der Waals surface area contributed by atoms with Gasteiger partial charge in [0.1, 0.15) is 0 Å². The molecule has 0 fully saturated rings. The largest absolute Gasteiger partial charge is 0.263 e. The van der Waals surface area contributed by atoms with Crippen molar-refractivity contribution in [1.82, 2.24) is 9.97 Å². The first-order valence-corrected chi connectivity index (χ1v) is 4.85. The van der Waals surface area contributed by atoms with E-state index in [1.54, 1.807) is 6.07 Å². The lowest BCUT2D eigenvalue weighted by Crippen LogP contribution is -1.89. The van der Waals surface area contributed by atoms with Gasteiger partial charge in [-0.1, -0.05) is 23.2 Å². The fourth-order valence-electron chi connectivity index (χ4n) is 1.21. The summed E-state index contributed by atoms with van der Waals surface area (Å²) in [5.41, 5.74) is 0.800. The first-order valence-electron chi connectivity index (χ1n) is 4.09. The second-order valence-corrected chi connectivity index (χ2v) is 3.69. The summed E-state index contributed by atoms with van der Waals surface area (Å²) in [6, 6.07) is 3.09. The lowest BCUT2D eigenvalue weighted by molar-refractivity contribution is 0.587. The average molecular weight is 243 g/mol. The van der Waals surface area contributed by atoms with Gasteiger partial charge in [-0.05, 0) is 12.1 Å². The second kappa shape index (κ2) is 4.13. The number of pyridine rings is 2. The zero-order valence-electron chi connectivity index (χ0n) is 7.42. The lowest BCUT2D eigenvalue weighted by atomic mass is 10.1. The van der Waals surface area contributed by atoms with E-state index in [9.17, 15) is 4.39 Å². The Bertz CT molecular complexity index is 503. The van der Waals surface area contributed by atoms with Crippen LogP contribution in [0.4, 0.5) is 4.39 Å². The topological polar surface area (TPSA) is 25.8 Å². The van der Waals surface area contributed by atoms with Crippen molar-refractivity contribution < 1.29 is 4.39 Å². The van der Waals surface area contributed by atoms with Gasteiger partial charge in [-0.3, -0.25) is 4.98 Å². The summed E-state index contributed by atoms with van der Waals surface area (Å²) >= 11 is 11.6. The van der Waals surface area contributed by atoms with Gasteiger partial charge >= 0.3 is 0 Å². The molecular formula is C10H5Cl2FN2. The molecule has 0 spiro atoms. The summed E-state index contributed by atoms with van der Waals surface area (Å²) < 4.78 is 13.4. The van der Waals surface area contributed by atoms with Crippen molar-refractivity contribution in [2.75, 3.05) is 0 Å². The normalized spacial score (nSPS) is 10.3. The van der Waals surface area contributed by atoms with E-state index in [0.717, 1.165) is 0 Å². The van der Waals surface area contributed by atoms with Crippen LogP contribution >= 0.6 is 23.2 Å². The monoisotopic (exact) mass is 242 g/mol. The average Bonchev–Trinajstić information content (AvgIpc) is 2.23. The molecule has 0 aliphatic heterocycles. The van der Waals surface area contributed by atoms with Gasteiger partial charge in [-0.25, -0.2) is 4.98 Å². The molecule has 2 nitrogen and oxygen atoms in total. The molecule has 2 rings (SSSR count). The molecular weight excluding hydrogens is 238 g/mol. The molecule has 0 bridgehead atoms. The Hall–Kier alpha value is -1.19. The van der Waals surface area contributed by atoms with E-state index in [4.69, 9.17) is 23.2 Å². The molecule has 0 saturated heterocycles. The van der Waals surface area contributed by atoms with Crippen LogP contribution in [-0.4, -0.2) is 9.97 Å². The molecule has 0 amide bonds. The summed E-state index contributed by atoms with van der Waals surface area (Å²) in [5, 5.41) is 0.722. The zero-order chi connectivity index (χ0) is 10.8. The third-order valence-corrected chi connectivity index (χ3v) is 2.38. The Labute approximate surface area is 95.7 Å². The maximum atomic E-state index is 13.4. The highest BCUT2D eigenvalue weighted by atomic mass is 35.5. The Morgan fingerprint density at radius 2 is 1.93 bits per heavy atom. The van der Waals surface area contributed by atoms with Crippen molar-refractivity contribution in [2.24, 2.45) is 0 Å². The van der Waals surface area contributed by atoms with Crippen LogP contribution in [0, 0.1) is 5.95 Å². The minimum absolute atomic E-state index is 0.273. The van der Waals surface area contributed by atoms with Crippen molar-refractivity contribution >= 4 is 23.2 Å². The first-order chi connectivity index (χ1) is 7.18. The Morgan fingerprint density at radius 3 is 2.67 bits per heavy atom. The molecule has 2 aromatic heterocycles.